The number of hydrogen-bond acceptors (Lipinski definition) is 6. The maximum Gasteiger partial charge on any atom is 0.224 e. The lowest BCUT2D eigenvalue weighted by atomic mass is 10.2. The zero-order chi connectivity index (χ0) is 13.1. The van der Waals surface area contributed by atoms with Gasteiger partial charge in [0.25, 0.3) is 0 Å². The molecule has 0 unspecified atom stereocenters. The highest BCUT2D eigenvalue weighted by Crippen LogP contribution is 2.15. The standard InChI is InChI=1S/C11H17N7/c1-3-7-5-8(4-2)18(17-7)10-6-9(16-13)14-11(12)15-10/h5-6H,3-4,13H2,1-2H3,(H3,12,14,15,16). The van der Waals surface area contributed by atoms with Crippen LogP contribution in [0.5, 0.6) is 0 Å². The van der Waals surface area contributed by atoms with Crippen molar-refractivity contribution in [2.45, 2.75) is 26.7 Å². The van der Waals surface area contributed by atoms with E-state index in [1.807, 2.05) is 0 Å². The molecule has 0 aliphatic carbocycles. The Kier molecular flexibility index (Phi) is 3.42. The van der Waals surface area contributed by atoms with Gasteiger partial charge >= 0.3 is 0 Å². The quantitative estimate of drug-likeness (QED) is 0.541. The molecular weight excluding hydrogens is 230 g/mol. The number of hydrazine groups is 1. The van der Waals surface area contributed by atoms with Gasteiger partial charge < -0.3 is 11.2 Å². The molecule has 2 aromatic heterocycles. The lowest BCUT2D eigenvalue weighted by Crippen LogP contribution is -2.13. The van der Waals surface area contributed by atoms with Crippen molar-refractivity contribution in [1.82, 2.24) is 19.7 Å². The molecule has 2 aromatic rings. The van der Waals surface area contributed by atoms with Gasteiger partial charge in [0.15, 0.2) is 5.82 Å². The van der Waals surface area contributed by atoms with Gasteiger partial charge in [-0.1, -0.05) is 13.8 Å². The summed E-state index contributed by atoms with van der Waals surface area (Å²) in [5.41, 5.74) is 10.2. The van der Waals surface area contributed by atoms with Crippen molar-refractivity contribution in [3.05, 3.63) is 23.5 Å². The topological polar surface area (TPSA) is 108 Å². The Hall–Kier alpha value is -2.15. The van der Waals surface area contributed by atoms with Crippen LogP contribution in [-0.2, 0) is 12.8 Å². The first-order chi connectivity index (χ1) is 8.67. The van der Waals surface area contributed by atoms with Gasteiger partial charge in [-0.25, -0.2) is 10.5 Å². The van der Waals surface area contributed by atoms with E-state index in [1.165, 1.54) is 0 Å². The summed E-state index contributed by atoms with van der Waals surface area (Å²) < 4.78 is 1.78. The van der Waals surface area contributed by atoms with E-state index in [0.717, 1.165) is 24.2 Å². The van der Waals surface area contributed by atoms with E-state index < -0.39 is 0 Å². The third kappa shape index (κ3) is 2.25. The average molecular weight is 247 g/mol. The Morgan fingerprint density at radius 1 is 1.22 bits per heavy atom. The second kappa shape index (κ2) is 5.01. The summed E-state index contributed by atoms with van der Waals surface area (Å²) in [6.45, 7) is 4.13. The Morgan fingerprint density at radius 3 is 2.61 bits per heavy atom. The van der Waals surface area contributed by atoms with Gasteiger partial charge in [-0.05, 0) is 18.9 Å². The van der Waals surface area contributed by atoms with Crippen molar-refractivity contribution in [3.8, 4) is 5.82 Å². The fraction of sp³-hybridized carbons (Fsp3) is 0.364. The summed E-state index contributed by atoms with van der Waals surface area (Å²) in [6.07, 6.45) is 1.74. The normalized spacial score (nSPS) is 10.6. The lowest BCUT2D eigenvalue weighted by Gasteiger charge is -2.07. The van der Waals surface area contributed by atoms with Crippen LogP contribution in [0.2, 0.25) is 0 Å². The molecule has 96 valence electrons. The molecule has 0 radical (unpaired) electrons. The van der Waals surface area contributed by atoms with E-state index in [4.69, 9.17) is 11.6 Å². The van der Waals surface area contributed by atoms with E-state index in [0.29, 0.717) is 11.6 Å². The molecule has 0 saturated carbocycles. The number of nitrogens with two attached hydrogens (primary N) is 2. The minimum absolute atomic E-state index is 0.163. The highest BCUT2D eigenvalue weighted by molar-refractivity contribution is 5.45. The molecule has 5 N–H and O–H groups in total. The monoisotopic (exact) mass is 247 g/mol. The molecule has 18 heavy (non-hydrogen) atoms. The molecule has 0 atom stereocenters. The highest BCUT2D eigenvalue weighted by atomic mass is 15.3. The van der Waals surface area contributed by atoms with Crippen LogP contribution >= 0.6 is 0 Å². The molecule has 0 saturated heterocycles. The number of anilines is 2. The summed E-state index contributed by atoms with van der Waals surface area (Å²) in [6, 6.07) is 3.77. The number of rotatable bonds is 4. The van der Waals surface area contributed by atoms with Crippen LogP contribution in [0, 0.1) is 0 Å². The molecule has 0 aliphatic rings. The van der Waals surface area contributed by atoms with Crippen LogP contribution < -0.4 is 17.0 Å². The van der Waals surface area contributed by atoms with Gasteiger partial charge in [0.2, 0.25) is 5.95 Å². The summed E-state index contributed by atoms with van der Waals surface area (Å²) in [4.78, 5) is 8.13. The van der Waals surface area contributed by atoms with E-state index in [9.17, 15) is 0 Å². The van der Waals surface area contributed by atoms with E-state index >= 15 is 0 Å². The van der Waals surface area contributed by atoms with E-state index in [-0.39, 0.29) is 5.95 Å². The van der Waals surface area contributed by atoms with Crippen molar-refractivity contribution in [2.75, 3.05) is 11.2 Å². The third-order valence-corrected chi connectivity index (χ3v) is 2.65. The van der Waals surface area contributed by atoms with Crippen LogP contribution in [0.25, 0.3) is 5.82 Å². The highest BCUT2D eigenvalue weighted by Gasteiger charge is 2.10. The SMILES string of the molecule is CCc1cc(CC)n(-c2cc(NN)nc(N)n2)n1. The molecule has 0 bridgehead atoms. The third-order valence-electron chi connectivity index (χ3n) is 2.65. The maximum atomic E-state index is 5.64. The van der Waals surface area contributed by atoms with Crippen LogP contribution in [0.3, 0.4) is 0 Å². The summed E-state index contributed by atoms with van der Waals surface area (Å²) in [5.74, 6) is 6.59. The first kappa shape index (κ1) is 12.3. The van der Waals surface area contributed by atoms with Gasteiger partial charge in [0.1, 0.15) is 5.82 Å². The minimum Gasteiger partial charge on any atom is -0.368 e. The van der Waals surface area contributed by atoms with E-state index in [2.05, 4.69) is 40.4 Å². The number of nitrogen functional groups attached to an aromatic ring is 2. The van der Waals surface area contributed by atoms with Crippen LogP contribution in [-0.4, -0.2) is 19.7 Å². The van der Waals surface area contributed by atoms with Gasteiger partial charge in [0.05, 0.1) is 5.69 Å². The minimum atomic E-state index is 0.163. The van der Waals surface area contributed by atoms with Crippen molar-refractivity contribution >= 4 is 11.8 Å². The number of aromatic nitrogens is 4. The maximum absolute atomic E-state index is 5.64. The predicted molar refractivity (Wildman–Crippen MR) is 70.1 cm³/mol. The largest absolute Gasteiger partial charge is 0.368 e. The molecule has 7 nitrogen and oxygen atoms in total. The predicted octanol–water partition coefficient (Wildman–Crippen LogP) is 0.655. The Balaban J connectivity index is 2.53. The lowest BCUT2D eigenvalue weighted by molar-refractivity contribution is 0.770. The molecule has 0 amide bonds. The van der Waals surface area contributed by atoms with Crippen molar-refractivity contribution < 1.29 is 0 Å². The fourth-order valence-corrected chi connectivity index (χ4v) is 1.73. The molecule has 0 aromatic carbocycles. The summed E-state index contributed by atoms with van der Waals surface area (Å²) in [7, 11) is 0. The smallest absolute Gasteiger partial charge is 0.224 e. The second-order valence-corrected chi connectivity index (χ2v) is 3.86. The molecular formula is C11H17N7. The number of nitrogens with zero attached hydrogens (tertiary/aromatic N) is 4. The van der Waals surface area contributed by atoms with Crippen molar-refractivity contribution in [1.29, 1.82) is 0 Å². The summed E-state index contributed by atoms with van der Waals surface area (Å²) in [5, 5.41) is 4.49. The molecule has 0 aliphatic heterocycles. The van der Waals surface area contributed by atoms with Crippen molar-refractivity contribution in [3.63, 3.8) is 0 Å². The molecule has 0 spiro atoms. The van der Waals surface area contributed by atoms with Gasteiger partial charge in [-0.2, -0.15) is 15.1 Å². The summed E-state index contributed by atoms with van der Waals surface area (Å²) >= 11 is 0. The van der Waals surface area contributed by atoms with Crippen LogP contribution in [0.1, 0.15) is 25.2 Å². The van der Waals surface area contributed by atoms with Crippen molar-refractivity contribution in [2.24, 2.45) is 5.84 Å². The van der Waals surface area contributed by atoms with Crippen LogP contribution in [0.4, 0.5) is 11.8 Å². The van der Waals surface area contributed by atoms with Gasteiger partial charge in [0, 0.05) is 11.8 Å². The zero-order valence-corrected chi connectivity index (χ0v) is 10.5. The zero-order valence-electron chi connectivity index (χ0n) is 10.5. The number of aryl methyl sites for hydroxylation is 2. The molecule has 2 heterocycles. The average Bonchev–Trinajstić information content (AvgIpc) is 2.81. The Bertz CT molecular complexity index is 546. The Labute approximate surface area is 105 Å². The second-order valence-electron chi connectivity index (χ2n) is 3.86. The molecule has 0 fully saturated rings. The fourth-order valence-electron chi connectivity index (χ4n) is 1.73. The molecule has 7 heteroatoms. The molecule has 2 rings (SSSR count). The first-order valence-corrected chi connectivity index (χ1v) is 5.87. The van der Waals surface area contributed by atoms with Gasteiger partial charge in [-0.3, -0.25) is 0 Å². The number of nitrogens with one attached hydrogen (secondary N) is 1. The Morgan fingerprint density at radius 2 is 2.00 bits per heavy atom. The van der Waals surface area contributed by atoms with Gasteiger partial charge in [-0.15, -0.1) is 0 Å². The number of hydrogen-bond donors (Lipinski definition) is 3. The van der Waals surface area contributed by atoms with E-state index in [1.54, 1.807) is 10.7 Å². The van der Waals surface area contributed by atoms with Crippen LogP contribution in [0.15, 0.2) is 12.1 Å². The first-order valence-electron chi connectivity index (χ1n) is 5.87.